The Morgan fingerprint density at radius 2 is 1.57 bits per heavy atom. The Morgan fingerprint density at radius 1 is 0.869 bits per heavy atom. The Morgan fingerprint density at radius 3 is 2.27 bits per heavy atom. The number of carbonyl (C=O) groups excluding carboxylic acids is 2. The first-order valence-electron chi connectivity index (χ1n) is 28.5. The lowest BCUT2D eigenvalue weighted by Gasteiger charge is -2.29. The number of para-hydroxylation sites is 2. The van der Waals surface area contributed by atoms with Crippen molar-refractivity contribution in [1.29, 1.82) is 0 Å². The molecule has 1 saturated heterocycles. The zero-order valence-electron chi connectivity index (χ0n) is 48.6. The van der Waals surface area contributed by atoms with Crippen LogP contribution >= 0.6 is 0 Å². The van der Waals surface area contributed by atoms with Crippen molar-refractivity contribution in [3.8, 4) is 5.75 Å². The number of aliphatic carboxylic acids is 3. The summed E-state index contributed by atoms with van der Waals surface area (Å²) < 4.78 is 57.6. The quantitative estimate of drug-likeness (QED) is 0.0116. The number of anilines is 2. The van der Waals surface area contributed by atoms with E-state index in [1.807, 2.05) is 48.5 Å². The molecule has 3 aromatic carbocycles. The normalized spacial score (nSPS) is 18.3. The maximum absolute atomic E-state index is 12.3. The van der Waals surface area contributed by atoms with Crippen molar-refractivity contribution in [2.45, 2.75) is 128 Å². The second-order valence-electron chi connectivity index (χ2n) is 21.9. The van der Waals surface area contributed by atoms with E-state index in [9.17, 15) is 47.2 Å². The van der Waals surface area contributed by atoms with E-state index in [2.05, 4.69) is 121 Å². The second kappa shape index (κ2) is 31.0. The zero-order valence-corrected chi connectivity index (χ0v) is 49.4. The standard InChI is InChI=1S/C62H82N6O15S/c1-7-63-48-22-12-11-21-46(48)61(3,4)41(2)24-25-42-17-15-18-43(55(42)82-45-19-9-8-10-20-45)27-30-52-62(5,6)47-39-44(26-29-51(47)68(52)34-16-38-84(77,78)79)56-57(83-56)65-33-35-80-36-37-81-40-53(69)64-32-14-13-23-49(58(72)73)66-60(76)67-50(59(74)75)28-31-54(70)71/h8-12,19-22,24-27,29-30,39,49-50,56-57,63,65H,2,7,13-18,23,28,31-38,40H2,1,3-6H3,(H,64,69)(H,70,71)(H,72,73)(H,74,75)(H2,66,67,76)(H,77,78,79)/b25-24+,43-27+,52-30+/t49-,50?,56?,57?/m0/s1. The molecule has 0 aromatic heterocycles. The molecule has 0 radical (unpaired) electrons. The number of carboxylic acids is 3. The molecule has 0 bridgehead atoms. The number of nitrogens with zero attached hydrogens (tertiary/aromatic N) is 1. The number of benzene rings is 3. The van der Waals surface area contributed by atoms with Gasteiger partial charge in [-0.1, -0.05) is 101 Å². The average molecular weight is 1180 g/mol. The Balaban J connectivity index is 1.01. The number of epoxide rings is 1. The van der Waals surface area contributed by atoms with Crippen LogP contribution in [0.25, 0.3) is 0 Å². The molecule has 1 fully saturated rings. The number of hydrogen-bond acceptors (Lipinski definition) is 14. The fraction of sp³-hybridized carbons (Fsp3) is 0.468. The molecule has 1 aliphatic carbocycles. The van der Waals surface area contributed by atoms with Crippen LogP contribution in [0.3, 0.4) is 0 Å². The SMILES string of the molecule is C=C(/C=C/C1=C(Oc2ccccc2)C(=C/C=C2/N(CCCS(=O)(=O)O)c3ccc(C4OC4NCCOCCOCC(=O)NCCCC[C@H](NC(=O)NC(CCC(=O)O)C(=O)O)C(=O)O)cc3C2(C)C)/CCC1)C(C)(C)c1ccccc1NCC. The summed E-state index contributed by atoms with van der Waals surface area (Å²) in [5, 5.41) is 41.3. The van der Waals surface area contributed by atoms with Gasteiger partial charge in [-0.2, -0.15) is 8.42 Å². The summed E-state index contributed by atoms with van der Waals surface area (Å²) in [4.78, 5) is 60.5. The molecule has 3 unspecified atom stereocenters. The molecule has 9 N–H and O–H groups in total. The number of rotatable bonds is 35. The van der Waals surface area contributed by atoms with Gasteiger partial charge in [-0.3, -0.25) is 19.5 Å². The second-order valence-corrected chi connectivity index (χ2v) is 23.5. The zero-order chi connectivity index (χ0) is 61.0. The number of urea groups is 1. The first-order valence-corrected chi connectivity index (χ1v) is 30.1. The van der Waals surface area contributed by atoms with E-state index in [-0.39, 0.29) is 75.0 Å². The Hall–Kier alpha value is -7.34. The van der Waals surface area contributed by atoms with Crippen molar-refractivity contribution < 1.29 is 71.2 Å². The van der Waals surface area contributed by atoms with Crippen LogP contribution in [0, 0.1) is 0 Å². The number of ether oxygens (including phenoxy) is 4. The molecule has 4 atom stereocenters. The van der Waals surface area contributed by atoms with Gasteiger partial charge in [0.2, 0.25) is 5.91 Å². The van der Waals surface area contributed by atoms with Gasteiger partial charge in [0, 0.05) is 60.5 Å². The van der Waals surface area contributed by atoms with E-state index >= 15 is 0 Å². The summed E-state index contributed by atoms with van der Waals surface area (Å²) in [7, 11) is -4.19. The minimum absolute atomic E-state index is 0.00415. The van der Waals surface area contributed by atoms with Gasteiger partial charge in [-0.25, -0.2) is 14.4 Å². The number of unbranched alkanes of at least 4 members (excludes halogenated alkanes) is 1. The predicted octanol–water partition coefficient (Wildman–Crippen LogP) is 8.29. The molecule has 0 spiro atoms. The Kier molecular flexibility index (Phi) is 24.3. The van der Waals surface area contributed by atoms with E-state index in [1.165, 1.54) is 0 Å². The highest BCUT2D eigenvalue weighted by Crippen LogP contribution is 2.50. The number of carbonyl (C=O) groups is 5. The highest BCUT2D eigenvalue weighted by molar-refractivity contribution is 7.85. The van der Waals surface area contributed by atoms with Crippen LogP contribution in [0.2, 0.25) is 0 Å². The topological polar surface area (TPSA) is 304 Å². The van der Waals surface area contributed by atoms with Gasteiger partial charge in [0.15, 0.2) is 0 Å². The van der Waals surface area contributed by atoms with Gasteiger partial charge in [-0.15, -0.1) is 0 Å². The fourth-order valence-electron chi connectivity index (χ4n) is 10.2. The van der Waals surface area contributed by atoms with Crippen molar-refractivity contribution in [3.05, 3.63) is 149 Å². The number of allylic oxidation sites excluding steroid dienone is 8. The number of hydrogen-bond donors (Lipinski definition) is 9. The Bertz CT molecular complexity index is 3050. The summed E-state index contributed by atoms with van der Waals surface area (Å²) in [5.41, 5.74) is 8.34. The van der Waals surface area contributed by atoms with E-state index in [4.69, 9.17) is 24.1 Å². The summed E-state index contributed by atoms with van der Waals surface area (Å²) in [6, 6.07) is 20.4. The fourth-order valence-corrected chi connectivity index (χ4v) is 10.7. The first kappa shape index (κ1) is 65.8. The molecule has 2 aliphatic heterocycles. The Labute approximate surface area is 492 Å². The summed E-state index contributed by atoms with van der Waals surface area (Å²) in [6.45, 7) is 17.7. The van der Waals surface area contributed by atoms with Crippen LogP contribution in [-0.4, -0.2) is 135 Å². The third kappa shape index (κ3) is 19.4. The van der Waals surface area contributed by atoms with Crippen molar-refractivity contribution in [1.82, 2.24) is 21.3 Å². The molecule has 0 saturated carbocycles. The van der Waals surface area contributed by atoms with Gasteiger partial charge < -0.3 is 60.4 Å². The lowest BCUT2D eigenvalue weighted by Crippen LogP contribution is -2.51. The van der Waals surface area contributed by atoms with Crippen LogP contribution in [-0.2, 0) is 54.3 Å². The van der Waals surface area contributed by atoms with Crippen LogP contribution < -0.4 is 36.2 Å². The van der Waals surface area contributed by atoms with Crippen molar-refractivity contribution >= 4 is 51.3 Å². The molecular weight excluding hydrogens is 1100 g/mol. The lowest BCUT2D eigenvalue weighted by molar-refractivity contribution is -0.140. The molecular formula is C62H82N6O15S. The summed E-state index contributed by atoms with van der Waals surface area (Å²) >= 11 is 0. The summed E-state index contributed by atoms with van der Waals surface area (Å²) in [6.07, 6.45) is 10.5. The molecule has 2 heterocycles. The van der Waals surface area contributed by atoms with Gasteiger partial charge in [-0.05, 0) is 122 Å². The molecule has 6 rings (SSSR count). The minimum atomic E-state index is -4.19. The van der Waals surface area contributed by atoms with E-state index in [0.29, 0.717) is 32.5 Å². The van der Waals surface area contributed by atoms with E-state index in [0.717, 1.165) is 87.8 Å². The number of nitrogens with one attached hydrogen (secondary N) is 5. The van der Waals surface area contributed by atoms with E-state index in [1.54, 1.807) is 0 Å². The molecule has 3 amide bonds. The molecule has 3 aromatic rings. The summed E-state index contributed by atoms with van der Waals surface area (Å²) in [5.74, 6) is -3.29. The van der Waals surface area contributed by atoms with Crippen molar-refractivity contribution in [3.63, 3.8) is 0 Å². The molecule has 456 valence electrons. The van der Waals surface area contributed by atoms with Gasteiger partial charge in [0.05, 0.1) is 25.6 Å². The van der Waals surface area contributed by atoms with Gasteiger partial charge in [0.1, 0.15) is 42.5 Å². The van der Waals surface area contributed by atoms with Crippen molar-refractivity contribution in [2.75, 3.05) is 68.6 Å². The monoisotopic (exact) mass is 1180 g/mol. The molecule has 22 heteroatoms. The maximum atomic E-state index is 12.3. The molecule has 21 nitrogen and oxygen atoms in total. The van der Waals surface area contributed by atoms with Crippen LogP contribution in [0.15, 0.2) is 132 Å². The highest BCUT2D eigenvalue weighted by atomic mass is 32.2. The van der Waals surface area contributed by atoms with E-state index < -0.39 is 58.0 Å². The average Bonchev–Trinajstić information content (AvgIpc) is 4.20. The first-order chi connectivity index (χ1) is 40.0. The number of fused-ring (bicyclic) bond motifs is 1. The molecule has 84 heavy (non-hydrogen) atoms. The third-order valence-electron chi connectivity index (χ3n) is 14.9. The minimum Gasteiger partial charge on any atom is -0.481 e. The van der Waals surface area contributed by atoms with Crippen LogP contribution in [0.5, 0.6) is 5.75 Å². The lowest BCUT2D eigenvalue weighted by atomic mass is 9.77. The third-order valence-corrected chi connectivity index (χ3v) is 15.8. The largest absolute Gasteiger partial charge is 0.481 e. The van der Waals surface area contributed by atoms with Gasteiger partial charge in [0.25, 0.3) is 10.1 Å². The highest BCUT2D eigenvalue weighted by Gasteiger charge is 2.44. The van der Waals surface area contributed by atoms with Crippen LogP contribution in [0.4, 0.5) is 16.2 Å². The van der Waals surface area contributed by atoms with Crippen molar-refractivity contribution in [2.24, 2.45) is 0 Å². The van der Waals surface area contributed by atoms with Gasteiger partial charge >= 0.3 is 23.9 Å². The smallest absolute Gasteiger partial charge is 0.326 e. The number of amides is 3. The number of carboxylic acid groups (broad SMARTS) is 3. The van der Waals surface area contributed by atoms with Crippen LogP contribution in [0.1, 0.15) is 115 Å². The maximum Gasteiger partial charge on any atom is 0.326 e. The molecule has 3 aliphatic rings. The predicted molar refractivity (Wildman–Crippen MR) is 319 cm³/mol.